The average Bonchev–Trinajstić information content (AvgIpc) is 1.95. The van der Waals surface area contributed by atoms with Gasteiger partial charge in [0.15, 0.2) is 0 Å². The van der Waals surface area contributed by atoms with E-state index in [0.717, 1.165) is 0 Å². The molecular formula is C6H9NOS2. The SMILES string of the molecule is CN1C(=O)C(C)(C)SC1=S. The van der Waals surface area contributed by atoms with Crippen LogP contribution in [0.5, 0.6) is 0 Å². The third-order valence-corrected chi connectivity index (χ3v) is 3.09. The minimum Gasteiger partial charge on any atom is -0.300 e. The number of carbonyl (C=O) groups is 1. The summed E-state index contributed by atoms with van der Waals surface area (Å²) >= 11 is 6.38. The lowest BCUT2D eigenvalue weighted by molar-refractivity contribution is -0.127. The molecule has 0 radical (unpaired) electrons. The van der Waals surface area contributed by atoms with E-state index in [4.69, 9.17) is 12.2 Å². The lowest BCUT2D eigenvalue weighted by atomic mass is 10.2. The molecule has 0 saturated carbocycles. The van der Waals surface area contributed by atoms with Gasteiger partial charge in [0.25, 0.3) is 0 Å². The minimum absolute atomic E-state index is 0.0995. The minimum atomic E-state index is -0.341. The van der Waals surface area contributed by atoms with Gasteiger partial charge in [0.2, 0.25) is 5.91 Å². The molecule has 56 valence electrons. The molecule has 2 nitrogen and oxygen atoms in total. The first-order valence-corrected chi connectivity index (χ1v) is 4.19. The largest absolute Gasteiger partial charge is 0.300 e. The normalized spacial score (nSPS) is 24.1. The Bertz CT molecular complexity index is 200. The van der Waals surface area contributed by atoms with Crippen molar-refractivity contribution in [3.63, 3.8) is 0 Å². The molecular weight excluding hydrogens is 166 g/mol. The number of amides is 1. The molecule has 10 heavy (non-hydrogen) atoms. The van der Waals surface area contributed by atoms with E-state index in [-0.39, 0.29) is 10.7 Å². The Morgan fingerprint density at radius 2 is 2.10 bits per heavy atom. The monoisotopic (exact) mass is 175 g/mol. The molecule has 1 aliphatic rings. The summed E-state index contributed by atoms with van der Waals surface area (Å²) in [5, 5.41) is 0. The van der Waals surface area contributed by atoms with Crippen LogP contribution < -0.4 is 0 Å². The van der Waals surface area contributed by atoms with E-state index < -0.39 is 0 Å². The van der Waals surface area contributed by atoms with Gasteiger partial charge in [0, 0.05) is 7.05 Å². The Morgan fingerprint density at radius 3 is 2.20 bits per heavy atom. The molecule has 1 saturated heterocycles. The smallest absolute Gasteiger partial charge is 0.243 e. The maximum atomic E-state index is 11.3. The van der Waals surface area contributed by atoms with Gasteiger partial charge in [-0.05, 0) is 13.8 Å². The number of thiocarbonyl (C=S) groups is 1. The van der Waals surface area contributed by atoms with E-state index in [1.54, 1.807) is 7.05 Å². The third-order valence-electron chi connectivity index (χ3n) is 1.44. The van der Waals surface area contributed by atoms with Gasteiger partial charge in [0.05, 0.1) is 4.75 Å². The lowest BCUT2D eigenvalue weighted by Crippen LogP contribution is -2.32. The maximum Gasteiger partial charge on any atom is 0.243 e. The quantitative estimate of drug-likeness (QED) is 0.517. The predicted octanol–water partition coefficient (Wildman–Crippen LogP) is 1.26. The van der Waals surface area contributed by atoms with Crippen molar-refractivity contribution >= 4 is 34.2 Å². The molecule has 0 aromatic heterocycles. The zero-order valence-corrected chi connectivity index (χ0v) is 7.80. The topological polar surface area (TPSA) is 20.3 Å². The Balaban J connectivity index is 2.92. The molecule has 1 aliphatic heterocycles. The standard InChI is InChI=1S/C6H9NOS2/c1-6(2)4(8)7(3)5(9)10-6/h1-3H3. The number of hydrogen-bond acceptors (Lipinski definition) is 3. The van der Waals surface area contributed by atoms with Gasteiger partial charge in [-0.3, -0.25) is 9.69 Å². The van der Waals surface area contributed by atoms with Gasteiger partial charge < -0.3 is 0 Å². The molecule has 0 N–H and O–H groups in total. The van der Waals surface area contributed by atoms with E-state index in [1.165, 1.54) is 16.7 Å². The van der Waals surface area contributed by atoms with Crippen LogP contribution in [0.1, 0.15) is 13.8 Å². The van der Waals surface area contributed by atoms with Crippen LogP contribution in [0.3, 0.4) is 0 Å². The van der Waals surface area contributed by atoms with E-state index in [1.807, 2.05) is 13.8 Å². The summed E-state index contributed by atoms with van der Waals surface area (Å²) < 4.78 is 0.334. The van der Waals surface area contributed by atoms with Crippen LogP contribution in [0, 0.1) is 0 Å². The van der Waals surface area contributed by atoms with Crippen molar-refractivity contribution in [3.8, 4) is 0 Å². The Labute approximate surface area is 70.0 Å². The van der Waals surface area contributed by atoms with Crippen molar-refractivity contribution in [2.45, 2.75) is 18.6 Å². The number of thioether (sulfide) groups is 1. The van der Waals surface area contributed by atoms with Crippen LogP contribution >= 0.6 is 24.0 Å². The number of carbonyl (C=O) groups excluding carboxylic acids is 1. The molecule has 0 bridgehead atoms. The van der Waals surface area contributed by atoms with Crippen LogP contribution in [0.2, 0.25) is 0 Å². The first-order valence-electron chi connectivity index (χ1n) is 2.96. The predicted molar refractivity (Wildman–Crippen MR) is 47.0 cm³/mol. The number of rotatable bonds is 0. The molecule has 1 fully saturated rings. The van der Waals surface area contributed by atoms with Crippen molar-refractivity contribution in [1.29, 1.82) is 0 Å². The van der Waals surface area contributed by atoms with Gasteiger partial charge >= 0.3 is 0 Å². The first kappa shape index (κ1) is 8.01. The summed E-state index contributed by atoms with van der Waals surface area (Å²) in [6.07, 6.45) is 0. The summed E-state index contributed by atoms with van der Waals surface area (Å²) in [5.41, 5.74) is 0. The van der Waals surface area contributed by atoms with Crippen molar-refractivity contribution < 1.29 is 4.79 Å². The van der Waals surface area contributed by atoms with Gasteiger partial charge in [0.1, 0.15) is 4.32 Å². The van der Waals surface area contributed by atoms with Crippen molar-refractivity contribution in [2.24, 2.45) is 0 Å². The molecule has 0 aliphatic carbocycles. The van der Waals surface area contributed by atoms with Crippen LogP contribution in [0.15, 0.2) is 0 Å². The number of hydrogen-bond donors (Lipinski definition) is 0. The molecule has 4 heteroatoms. The van der Waals surface area contributed by atoms with Gasteiger partial charge in [-0.25, -0.2) is 0 Å². The van der Waals surface area contributed by atoms with Crippen molar-refractivity contribution in [1.82, 2.24) is 4.90 Å². The summed E-state index contributed by atoms with van der Waals surface area (Å²) in [4.78, 5) is 12.8. The molecule has 1 rings (SSSR count). The Morgan fingerprint density at radius 1 is 1.60 bits per heavy atom. The van der Waals surface area contributed by atoms with Gasteiger partial charge in [-0.1, -0.05) is 24.0 Å². The maximum absolute atomic E-state index is 11.3. The van der Waals surface area contributed by atoms with Gasteiger partial charge in [-0.15, -0.1) is 0 Å². The summed E-state index contributed by atoms with van der Waals surface area (Å²) in [7, 11) is 1.71. The molecule has 1 heterocycles. The average molecular weight is 175 g/mol. The molecule has 0 aromatic carbocycles. The van der Waals surface area contributed by atoms with Crippen LogP contribution in [-0.2, 0) is 4.79 Å². The van der Waals surface area contributed by atoms with E-state index in [2.05, 4.69) is 0 Å². The zero-order chi connectivity index (χ0) is 7.94. The molecule has 0 aromatic rings. The van der Waals surface area contributed by atoms with Crippen LogP contribution in [0.4, 0.5) is 0 Å². The fourth-order valence-electron chi connectivity index (χ4n) is 0.817. The van der Waals surface area contributed by atoms with E-state index >= 15 is 0 Å². The van der Waals surface area contributed by atoms with Gasteiger partial charge in [-0.2, -0.15) is 0 Å². The Kier molecular flexibility index (Phi) is 1.76. The third kappa shape index (κ3) is 1.06. The second-order valence-electron chi connectivity index (χ2n) is 2.74. The van der Waals surface area contributed by atoms with E-state index in [0.29, 0.717) is 4.32 Å². The molecule has 1 amide bonds. The number of nitrogens with zero attached hydrogens (tertiary/aromatic N) is 1. The second kappa shape index (κ2) is 2.20. The van der Waals surface area contributed by atoms with Crippen LogP contribution in [0.25, 0.3) is 0 Å². The first-order chi connectivity index (χ1) is 4.45. The summed E-state index contributed by atoms with van der Waals surface area (Å²) in [5.74, 6) is 0.0995. The fourth-order valence-corrected chi connectivity index (χ4v) is 2.41. The highest BCUT2D eigenvalue weighted by Gasteiger charge is 2.41. The van der Waals surface area contributed by atoms with Crippen molar-refractivity contribution in [2.75, 3.05) is 7.05 Å². The summed E-state index contributed by atoms with van der Waals surface area (Å²) in [6.45, 7) is 3.77. The highest BCUT2D eigenvalue weighted by atomic mass is 32.2. The highest BCUT2D eigenvalue weighted by molar-refractivity contribution is 8.24. The van der Waals surface area contributed by atoms with Crippen molar-refractivity contribution in [3.05, 3.63) is 0 Å². The summed E-state index contributed by atoms with van der Waals surface area (Å²) in [6, 6.07) is 0. The fraction of sp³-hybridized carbons (Fsp3) is 0.667. The lowest BCUT2D eigenvalue weighted by Gasteiger charge is -2.11. The zero-order valence-electron chi connectivity index (χ0n) is 6.17. The highest BCUT2D eigenvalue weighted by Crippen LogP contribution is 2.35. The second-order valence-corrected chi connectivity index (χ2v) is 5.00. The van der Waals surface area contributed by atoms with Crippen LogP contribution in [-0.4, -0.2) is 26.9 Å². The molecule has 0 unspecified atom stereocenters. The van der Waals surface area contributed by atoms with E-state index in [9.17, 15) is 4.79 Å². The molecule has 0 atom stereocenters. The molecule has 0 spiro atoms. The Hall–Kier alpha value is -0.0900.